The Morgan fingerprint density at radius 1 is 1.26 bits per heavy atom. The maximum Gasteiger partial charge on any atom is 0.310 e. The Balaban J connectivity index is 1.54. The molecule has 7 nitrogen and oxygen atoms in total. The SMILES string of the molecule is Cc1nc(-c2cccc(NC(=O)COC(=O)Cc3c(C)noc3C)c2)cs1. The number of benzene rings is 1. The Labute approximate surface area is 160 Å². The van der Waals surface area contributed by atoms with Gasteiger partial charge in [-0.25, -0.2) is 4.98 Å². The summed E-state index contributed by atoms with van der Waals surface area (Å²) in [5.74, 6) is -0.344. The zero-order valence-electron chi connectivity index (χ0n) is 15.2. The molecule has 0 aliphatic carbocycles. The minimum absolute atomic E-state index is 0.0209. The van der Waals surface area contributed by atoms with Crippen LogP contribution < -0.4 is 5.32 Å². The van der Waals surface area contributed by atoms with Crippen molar-refractivity contribution in [2.45, 2.75) is 27.2 Å². The molecule has 1 amide bonds. The highest BCUT2D eigenvalue weighted by atomic mass is 32.1. The van der Waals surface area contributed by atoms with Crippen molar-refractivity contribution < 1.29 is 18.8 Å². The van der Waals surface area contributed by atoms with Crippen LogP contribution in [0, 0.1) is 20.8 Å². The molecular formula is C19H19N3O4S. The van der Waals surface area contributed by atoms with Gasteiger partial charge in [0.1, 0.15) is 5.76 Å². The Bertz CT molecular complexity index is 958. The largest absolute Gasteiger partial charge is 0.455 e. The maximum atomic E-state index is 12.1. The average molecular weight is 385 g/mol. The number of thiazole rings is 1. The standard InChI is InChI=1S/C19H19N3O4S/c1-11-16(12(2)26-22-11)8-19(24)25-9-18(23)21-15-6-4-5-14(7-15)17-10-27-13(3)20-17/h4-7,10H,8-9H2,1-3H3,(H,21,23). The van der Waals surface area contributed by atoms with E-state index in [1.54, 1.807) is 31.3 Å². The van der Waals surface area contributed by atoms with Crippen LogP contribution in [-0.4, -0.2) is 28.6 Å². The summed E-state index contributed by atoms with van der Waals surface area (Å²) >= 11 is 1.57. The lowest BCUT2D eigenvalue weighted by Gasteiger charge is -2.08. The smallest absolute Gasteiger partial charge is 0.310 e. The molecule has 2 heterocycles. The molecule has 0 saturated carbocycles. The molecule has 0 bridgehead atoms. The monoisotopic (exact) mass is 385 g/mol. The van der Waals surface area contributed by atoms with Gasteiger partial charge >= 0.3 is 5.97 Å². The number of nitrogens with zero attached hydrogens (tertiary/aromatic N) is 2. The molecule has 0 fully saturated rings. The second-order valence-electron chi connectivity index (χ2n) is 6.02. The fourth-order valence-corrected chi connectivity index (χ4v) is 3.17. The molecule has 0 atom stereocenters. The number of rotatable bonds is 6. The first-order valence-electron chi connectivity index (χ1n) is 8.32. The van der Waals surface area contributed by atoms with E-state index in [9.17, 15) is 9.59 Å². The zero-order chi connectivity index (χ0) is 19.4. The lowest BCUT2D eigenvalue weighted by atomic mass is 10.1. The summed E-state index contributed by atoms with van der Waals surface area (Å²) in [5, 5.41) is 9.45. The van der Waals surface area contributed by atoms with E-state index in [1.165, 1.54) is 0 Å². The van der Waals surface area contributed by atoms with Crippen LogP contribution in [-0.2, 0) is 20.7 Å². The van der Waals surface area contributed by atoms with Crippen molar-refractivity contribution in [1.29, 1.82) is 0 Å². The van der Waals surface area contributed by atoms with Crippen molar-refractivity contribution in [3.63, 3.8) is 0 Å². The second-order valence-corrected chi connectivity index (χ2v) is 7.08. The van der Waals surface area contributed by atoms with E-state index >= 15 is 0 Å². The summed E-state index contributed by atoms with van der Waals surface area (Å²) in [6, 6.07) is 7.36. The van der Waals surface area contributed by atoms with Gasteiger partial charge in [0.15, 0.2) is 6.61 Å². The van der Waals surface area contributed by atoms with Crippen molar-refractivity contribution >= 4 is 28.9 Å². The molecular weight excluding hydrogens is 366 g/mol. The van der Waals surface area contributed by atoms with E-state index in [0.29, 0.717) is 22.7 Å². The molecule has 2 aromatic heterocycles. The lowest BCUT2D eigenvalue weighted by Crippen LogP contribution is -2.21. The van der Waals surface area contributed by atoms with Crippen LogP contribution >= 0.6 is 11.3 Å². The number of nitrogens with one attached hydrogen (secondary N) is 1. The Hall–Kier alpha value is -3.00. The summed E-state index contributed by atoms with van der Waals surface area (Å²) < 4.78 is 10.1. The summed E-state index contributed by atoms with van der Waals surface area (Å²) in [7, 11) is 0. The molecule has 0 radical (unpaired) electrons. The fraction of sp³-hybridized carbons (Fsp3) is 0.263. The number of anilines is 1. The molecule has 140 valence electrons. The highest BCUT2D eigenvalue weighted by Crippen LogP contribution is 2.24. The van der Waals surface area contributed by atoms with E-state index in [2.05, 4.69) is 15.5 Å². The molecule has 3 aromatic rings. The summed E-state index contributed by atoms with van der Waals surface area (Å²) in [6.07, 6.45) is 0.0209. The molecule has 0 spiro atoms. The molecule has 8 heteroatoms. The molecule has 1 aromatic carbocycles. The van der Waals surface area contributed by atoms with Crippen LogP contribution in [0.4, 0.5) is 5.69 Å². The van der Waals surface area contributed by atoms with Gasteiger partial charge in [-0.1, -0.05) is 17.3 Å². The van der Waals surface area contributed by atoms with Gasteiger partial charge in [0.2, 0.25) is 0 Å². The average Bonchev–Trinajstić information content (AvgIpc) is 3.21. The number of aryl methyl sites for hydroxylation is 3. The molecule has 1 N–H and O–H groups in total. The van der Waals surface area contributed by atoms with Gasteiger partial charge in [-0.05, 0) is 32.9 Å². The van der Waals surface area contributed by atoms with Crippen LogP contribution in [0.15, 0.2) is 34.2 Å². The van der Waals surface area contributed by atoms with Gasteiger partial charge in [0, 0.05) is 22.2 Å². The van der Waals surface area contributed by atoms with Crippen molar-refractivity contribution in [3.8, 4) is 11.3 Å². The fourth-order valence-electron chi connectivity index (χ4n) is 2.55. The van der Waals surface area contributed by atoms with Crippen LogP contribution in [0.3, 0.4) is 0 Å². The third-order valence-electron chi connectivity index (χ3n) is 3.93. The third-order valence-corrected chi connectivity index (χ3v) is 4.70. The van der Waals surface area contributed by atoms with E-state index in [1.807, 2.05) is 30.5 Å². The number of ether oxygens (including phenoxy) is 1. The topological polar surface area (TPSA) is 94.3 Å². The summed E-state index contributed by atoms with van der Waals surface area (Å²) in [4.78, 5) is 28.4. The molecule has 0 aliphatic heterocycles. The summed E-state index contributed by atoms with van der Waals surface area (Å²) in [6.45, 7) is 5.06. The van der Waals surface area contributed by atoms with Crippen molar-refractivity contribution in [2.24, 2.45) is 0 Å². The number of hydrogen-bond donors (Lipinski definition) is 1. The molecule has 27 heavy (non-hydrogen) atoms. The van der Waals surface area contributed by atoms with E-state index in [4.69, 9.17) is 9.26 Å². The number of aromatic nitrogens is 2. The third kappa shape index (κ3) is 4.79. The van der Waals surface area contributed by atoms with Gasteiger partial charge in [0.05, 0.1) is 22.8 Å². The first kappa shape index (κ1) is 18.8. The number of esters is 1. The normalized spacial score (nSPS) is 10.6. The minimum atomic E-state index is -0.508. The van der Waals surface area contributed by atoms with Crippen LogP contribution in [0.2, 0.25) is 0 Å². The van der Waals surface area contributed by atoms with Gasteiger partial charge in [-0.15, -0.1) is 11.3 Å². The Morgan fingerprint density at radius 3 is 2.74 bits per heavy atom. The number of carbonyl (C=O) groups excluding carboxylic acids is 2. The first-order chi connectivity index (χ1) is 12.9. The predicted octanol–water partition coefficient (Wildman–Crippen LogP) is 3.45. The lowest BCUT2D eigenvalue weighted by molar-refractivity contribution is -0.146. The molecule has 0 aliphatic rings. The Morgan fingerprint density at radius 2 is 2.07 bits per heavy atom. The highest BCUT2D eigenvalue weighted by Gasteiger charge is 2.15. The molecule has 0 saturated heterocycles. The second kappa shape index (κ2) is 8.13. The number of amides is 1. The maximum absolute atomic E-state index is 12.1. The first-order valence-corrected chi connectivity index (χ1v) is 9.20. The molecule has 3 rings (SSSR count). The van der Waals surface area contributed by atoms with E-state index < -0.39 is 11.9 Å². The van der Waals surface area contributed by atoms with Gasteiger partial charge < -0.3 is 14.6 Å². The van der Waals surface area contributed by atoms with E-state index in [0.717, 1.165) is 16.3 Å². The van der Waals surface area contributed by atoms with Gasteiger partial charge in [0.25, 0.3) is 5.91 Å². The van der Waals surface area contributed by atoms with Crippen LogP contribution in [0.5, 0.6) is 0 Å². The highest BCUT2D eigenvalue weighted by molar-refractivity contribution is 7.09. The van der Waals surface area contributed by atoms with E-state index in [-0.39, 0.29) is 13.0 Å². The number of hydrogen-bond acceptors (Lipinski definition) is 7. The summed E-state index contributed by atoms with van der Waals surface area (Å²) in [5.41, 5.74) is 3.71. The van der Waals surface area contributed by atoms with Gasteiger partial charge in [-0.2, -0.15) is 0 Å². The Kier molecular flexibility index (Phi) is 5.66. The predicted molar refractivity (Wildman–Crippen MR) is 102 cm³/mol. The number of carbonyl (C=O) groups is 2. The van der Waals surface area contributed by atoms with Crippen LogP contribution in [0.1, 0.15) is 22.0 Å². The van der Waals surface area contributed by atoms with Crippen molar-refractivity contribution in [1.82, 2.24) is 10.1 Å². The van der Waals surface area contributed by atoms with Crippen LogP contribution in [0.25, 0.3) is 11.3 Å². The quantitative estimate of drug-likeness (QED) is 0.653. The zero-order valence-corrected chi connectivity index (χ0v) is 16.1. The minimum Gasteiger partial charge on any atom is -0.455 e. The van der Waals surface area contributed by atoms with Crippen molar-refractivity contribution in [3.05, 3.63) is 51.7 Å². The van der Waals surface area contributed by atoms with Gasteiger partial charge in [-0.3, -0.25) is 9.59 Å². The molecule has 0 unspecified atom stereocenters. The van der Waals surface area contributed by atoms with Crippen molar-refractivity contribution in [2.75, 3.05) is 11.9 Å².